The molecule has 0 aliphatic carbocycles. The molecule has 9 heteroatoms. The lowest BCUT2D eigenvalue weighted by Gasteiger charge is -2.12. The van der Waals surface area contributed by atoms with Gasteiger partial charge in [0, 0.05) is 6.42 Å². The predicted octanol–water partition coefficient (Wildman–Crippen LogP) is 4.09. The molecule has 0 aromatic heterocycles. The quantitative estimate of drug-likeness (QED) is 0.229. The number of carbonyl (C=O) groups is 1. The summed E-state index contributed by atoms with van der Waals surface area (Å²) in [5.41, 5.74) is -4.85. The highest BCUT2D eigenvalue weighted by Gasteiger charge is 2.48. The molecule has 0 aliphatic heterocycles. The molecule has 0 aliphatic rings. The van der Waals surface area contributed by atoms with Crippen LogP contribution in [0.15, 0.2) is 54.3 Å². The number of alkyl halides is 3. The van der Waals surface area contributed by atoms with Crippen molar-refractivity contribution in [3.8, 4) is 0 Å². The first-order valence-corrected chi connectivity index (χ1v) is 9.39. The molecule has 0 unspecified atom stereocenters. The van der Waals surface area contributed by atoms with Crippen molar-refractivity contribution in [1.29, 1.82) is 0 Å². The maximum atomic E-state index is 12.6. The molecule has 0 heterocycles. The smallest absolute Gasteiger partial charge is 0.463 e. The Morgan fingerprint density at radius 2 is 1.78 bits per heavy atom. The summed E-state index contributed by atoms with van der Waals surface area (Å²) in [4.78, 5) is 11.5. The van der Waals surface area contributed by atoms with E-state index in [1.54, 1.807) is 6.07 Å². The van der Waals surface area contributed by atoms with E-state index >= 15 is 0 Å². The highest BCUT2D eigenvalue weighted by Crippen LogP contribution is 2.28. The van der Waals surface area contributed by atoms with E-state index < -0.39 is 27.4 Å². The van der Waals surface area contributed by atoms with Crippen molar-refractivity contribution in [2.45, 2.75) is 25.3 Å². The number of allylic oxidation sites excluding steroid dienone is 1. The van der Waals surface area contributed by atoms with Gasteiger partial charge in [0.2, 0.25) is 0 Å². The summed E-state index contributed by atoms with van der Waals surface area (Å²) in [6.07, 6.45) is 0.559. The minimum atomic E-state index is -5.87. The topological polar surface area (TPSA) is 69.7 Å². The van der Waals surface area contributed by atoms with Crippen LogP contribution in [0.5, 0.6) is 0 Å². The second-order valence-electron chi connectivity index (χ2n) is 5.53. The first-order chi connectivity index (χ1) is 12.6. The summed E-state index contributed by atoms with van der Waals surface area (Å²) in [6, 6.07) is 12.9. The van der Waals surface area contributed by atoms with Crippen LogP contribution in [0.4, 0.5) is 13.2 Å². The number of hydrogen-bond acceptors (Lipinski definition) is 5. The number of carbonyl (C=O) groups excluding carboxylic acids is 1. The predicted molar refractivity (Wildman–Crippen MR) is 93.0 cm³/mol. The number of fused-ring (bicyclic) bond motifs is 1. The summed E-state index contributed by atoms with van der Waals surface area (Å²) >= 11 is 0. The van der Waals surface area contributed by atoms with E-state index in [0.717, 1.165) is 16.3 Å². The van der Waals surface area contributed by atoms with Gasteiger partial charge in [0.25, 0.3) is 0 Å². The molecule has 0 radical (unpaired) electrons. The average Bonchev–Trinajstić information content (AvgIpc) is 2.58. The van der Waals surface area contributed by atoms with Gasteiger partial charge in [-0.05, 0) is 29.7 Å². The molecule has 0 spiro atoms. The summed E-state index contributed by atoms with van der Waals surface area (Å²) in [5.74, 6) is -1.62. The zero-order chi connectivity index (χ0) is 20.1. The van der Waals surface area contributed by atoms with E-state index in [4.69, 9.17) is 0 Å². The second-order valence-corrected chi connectivity index (χ2v) is 7.07. The molecule has 5 nitrogen and oxygen atoms in total. The molecule has 0 saturated heterocycles. The second kappa shape index (κ2) is 8.43. The summed E-state index contributed by atoms with van der Waals surface area (Å²) in [6.45, 7) is 1.49. The van der Waals surface area contributed by atoms with Crippen molar-refractivity contribution < 1.29 is 35.3 Å². The van der Waals surface area contributed by atoms with Crippen LogP contribution >= 0.6 is 0 Å². The zero-order valence-electron chi connectivity index (χ0n) is 14.3. The lowest BCUT2D eigenvalue weighted by atomic mass is 10.0. The van der Waals surface area contributed by atoms with Crippen molar-refractivity contribution in [1.82, 2.24) is 0 Å². The van der Waals surface area contributed by atoms with Gasteiger partial charge in [-0.3, -0.25) is 0 Å². The Morgan fingerprint density at radius 1 is 1.11 bits per heavy atom. The number of ether oxygens (including phenoxy) is 1. The Hall–Kier alpha value is -2.55. The molecule has 0 fully saturated rings. The molecular weight excluding hydrogens is 385 g/mol. The third kappa shape index (κ3) is 5.72. The molecule has 0 atom stereocenters. The van der Waals surface area contributed by atoms with Crippen LogP contribution < -0.4 is 0 Å². The van der Waals surface area contributed by atoms with Crippen LogP contribution in [0.25, 0.3) is 10.8 Å². The lowest BCUT2D eigenvalue weighted by molar-refractivity contribution is -0.137. The van der Waals surface area contributed by atoms with Gasteiger partial charge in [-0.2, -0.15) is 21.6 Å². The number of aryl methyl sites for hydroxylation is 1. The van der Waals surface area contributed by atoms with E-state index in [-0.39, 0.29) is 19.4 Å². The van der Waals surface area contributed by atoms with Crippen molar-refractivity contribution >= 4 is 26.9 Å². The number of halogens is 3. The fourth-order valence-electron chi connectivity index (χ4n) is 2.30. The summed E-state index contributed by atoms with van der Waals surface area (Å²) < 4.78 is 68.9. The number of esters is 1. The van der Waals surface area contributed by atoms with Crippen molar-refractivity contribution in [3.63, 3.8) is 0 Å². The standard InChI is InChI=1S/C18H17F3O5S/c1-2-25-17(22)12-16(26-27(23,24)18(19,20)21)10-8-13-7-9-14-5-3-4-6-15(14)11-13/h3-7,9,11-12H,2,8,10H2,1H3/b16-12-. The largest absolute Gasteiger partial charge is 0.534 e. The highest BCUT2D eigenvalue weighted by molar-refractivity contribution is 7.87. The van der Waals surface area contributed by atoms with Crippen LogP contribution in [0.2, 0.25) is 0 Å². The van der Waals surface area contributed by atoms with Gasteiger partial charge in [-0.1, -0.05) is 42.5 Å². The van der Waals surface area contributed by atoms with E-state index in [0.29, 0.717) is 6.08 Å². The maximum Gasteiger partial charge on any atom is 0.534 e. The van der Waals surface area contributed by atoms with Crippen molar-refractivity contribution in [2.75, 3.05) is 6.61 Å². The first-order valence-electron chi connectivity index (χ1n) is 7.98. The molecule has 27 heavy (non-hydrogen) atoms. The van der Waals surface area contributed by atoms with E-state index in [1.165, 1.54) is 6.92 Å². The minimum absolute atomic E-state index is 0.0146. The zero-order valence-corrected chi connectivity index (χ0v) is 15.1. The van der Waals surface area contributed by atoms with Crippen LogP contribution in [0, 0.1) is 0 Å². The Morgan fingerprint density at radius 3 is 2.41 bits per heavy atom. The SMILES string of the molecule is CCOC(=O)/C=C(/CCc1ccc2ccccc2c1)OS(=O)(=O)C(F)(F)F. The fraction of sp³-hybridized carbons (Fsp3) is 0.278. The number of hydrogen-bond donors (Lipinski definition) is 0. The Balaban J connectivity index is 2.21. The van der Waals surface area contributed by atoms with Crippen molar-refractivity contribution in [2.24, 2.45) is 0 Å². The maximum absolute atomic E-state index is 12.6. The minimum Gasteiger partial charge on any atom is -0.463 e. The van der Waals surface area contributed by atoms with Gasteiger partial charge in [0.1, 0.15) is 5.76 Å². The first kappa shape index (κ1) is 20.8. The van der Waals surface area contributed by atoms with Gasteiger partial charge >= 0.3 is 21.6 Å². The van der Waals surface area contributed by atoms with Gasteiger partial charge in [0.05, 0.1) is 12.7 Å². The normalized spacial score (nSPS) is 12.8. The Kier molecular flexibility index (Phi) is 6.48. The van der Waals surface area contributed by atoms with Gasteiger partial charge in [-0.15, -0.1) is 0 Å². The number of rotatable bonds is 7. The fourth-order valence-corrected chi connectivity index (χ4v) is 2.81. The molecule has 2 aromatic carbocycles. The monoisotopic (exact) mass is 402 g/mol. The molecule has 0 amide bonds. The molecule has 2 rings (SSSR count). The van der Waals surface area contributed by atoms with E-state index in [2.05, 4.69) is 8.92 Å². The molecule has 2 aromatic rings. The van der Waals surface area contributed by atoms with Crippen LogP contribution in [0.1, 0.15) is 18.9 Å². The van der Waals surface area contributed by atoms with Gasteiger partial charge < -0.3 is 8.92 Å². The molecule has 0 N–H and O–H groups in total. The van der Waals surface area contributed by atoms with Crippen LogP contribution in [-0.4, -0.2) is 26.5 Å². The van der Waals surface area contributed by atoms with Crippen molar-refractivity contribution in [3.05, 3.63) is 59.9 Å². The summed E-state index contributed by atoms with van der Waals surface area (Å²) in [7, 11) is -5.87. The lowest BCUT2D eigenvalue weighted by Crippen LogP contribution is -2.25. The van der Waals surface area contributed by atoms with Crippen LogP contribution in [-0.2, 0) is 30.3 Å². The molecule has 146 valence electrons. The highest BCUT2D eigenvalue weighted by atomic mass is 32.2. The Bertz CT molecular complexity index is 949. The third-order valence-corrected chi connectivity index (χ3v) is 4.54. The van der Waals surface area contributed by atoms with E-state index in [9.17, 15) is 26.4 Å². The molecule has 0 saturated carbocycles. The van der Waals surface area contributed by atoms with Gasteiger partial charge in [-0.25, -0.2) is 4.79 Å². The molecular formula is C18H17F3O5S. The molecule has 0 bridgehead atoms. The van der Waals surface area contributed by atoms with E-state index in [1.807, 2.05) is 36.4 Å². The summed E-state index contributed by atoms with van der Waals surface area (Å²) in [5, 5.41) is 1.91. The average molecular weight is 402 g/mol. The number of benzene rings is 2. The third-order valence-electron chi connectivity index (χ3n) is 3.54. The van der Waals surface area contributed by atoms with Gasteiger partial charge in [0.15, 0.2) is 0 Å². The van der Waals surface area contributed by atoms with Crippen LogP contribution in [0.3, 0.4) is 0 Å². The Labute approximate surface area is 154 Å².